The minimum atomic E-state index is 0.188. The fraction of sp³-hybridized carbons (Fsp3) is 0.667. The standard InChI is InChI=1S/C18H30N2O/c1-6-14(2)17-12-20(18(3,4)13-19-17)11-15-8-7-9-16(10-15)21-5/h7-10,14,17,19H,6,11-13H2,1-5H3. The van der Waals surface area contributed by atoms with Gasteiger partial charge in [-0.25, -0.2) is 0 Å². The van der Waals surface area contributed by atoms with E-state index in [0.717, 1.165) is 25.4 Å². The lowest BCUT2D eigenvalue weighted by molar-refractivity contribution is 0.0448. The van der Waals surface area contributed by atoms with Crippen molar-refractivity contribution in [2.24, 2.45) is 5.92 Å². The van der Waals surface area contributed by atoms with Gasteiger partial charge in [0.1, 0.15) is 5.75 Å². The van der Waals surface area contributed by atoms with Gasteiger partial charge in [-0.1, -0.05) is 32.4 Å². The van der Waals surface area contributed by atoms with Gasteiger partial charge in [0.15, 0.2) is 0 Å². The number of hydrogen-bond acceptors (Lipinski definition) is 3. The van der Waals surface area contributed by atoms with E-state index >= 15 is 0 Å². The molecule has 0 aromatic heterocycles. The van der Waals surface area contributed by atoms with Gasteiger partial charge in [0.05, 0.1) is 7.11 Å². The Morgan fingerprint density at radius 1 is 1.43 bits per heavy atom. The summed E-state index contributed by atoms with van der Waals surface area (Å²) in [6.45, 7) is 12.4. The molecule has 2 rings (SSSR count). The maximum absolute atomic E-state index is 5.34. The molecular weight excluding hydrogens is 260 g/mol. The summed E-state index contributed by atoms with van der Waals surface area (Å²) in [6, 6.07) is 9.02. The number of benzene rings is 1. The third-order valence-electron chi connectivity index (χ3n) is 4.91. The van der Waals surface area contributed by atoms with Crippen LogP contribution in [0.3, 0.4) is 0 Å². The van der Waals surface area contributed by atoms with Crippen LogP contribution in [0.2, 0.25) is 0 Å². The fourth-order valence-corrected chi connectivity index (χ4v) is 2.98. The van der Waals surface area contributed by atoms with Crippen molar-refractivity contribution in [2.75, 3.05) is 20.2 Å². The Balaban J connectivity index is 2.10. The van der Waals surface area contributed by atoms with E-state index in [-0.39, 0.29) is 5.54 Å². The van der Waals surface area contributed by atoms with Gasteiger partial charge < -0.3 is 10.1 Å². The number of nitrogens with one attached hydrogen (secondary N) is 1. The molecule has 3 nitrogen and oxygen atoms in total. The molecule has 2 atom stereocenters. The fourth-order valence-electron chi connectivity index (χ4n) is 2.98. The van der Waals surface area contributed by atoms with Crippen LogP contribution in [0.1, 0.15) is 39.7 Å². The highest BCUT2D eigenvalue weighted by atomic mass is 16.5. The Labute approximate surface area is 129 Å². The Morgan fingerprint density at radius 3 is 2.86 bits per heavy atom. The summed E-state index contributed by atoms with van der Waals surface area (Å²) in [5.41, 5.74) is 1.51. The van der Waals surface area contributed by atoms with Crippen LogP contribution < -0.4 is 10.1 Å². The zero-order chi connectivity index (χ0) is 15.5. The summed E-state index contributed by atoms with van der Waals surface area (Å²) >= 11 is 0. The highest BCUT2D eigenvalue weighted by Crippen LogP contribution is 2.25. The van der Waals surface area contributed by atoms with Crippen LogP contribution in [0.15, 0.2) is 24.3 Å². The summed E-state index contributed by atoms with van der Waals surface area (Å²) in [5, 5.41) is 3.73. The normalized spacial score (nSPS) is 23.8. The van der Waals surface area contributed by atoms with Crippen LogP contribution in [0.5, 0.6) is 5.75 Å². The molecule has 0 saturated carbocycles. The predicted molar refractivity (Wildman–Crippen MR) is 88.7 cm³/mol. The van der Waals surface area contributed by atoms with Gasteiger partial charge >= 0.3 is 0 Å². The van der Waals surface area contributed by atoms with E-state index in [1.807, 2.05) is 6.07 Å². The first-order valence-electron chi connectivity index (χ1n) is 8.07. The van der Waals surface area contributed by atoms with Crippen LogP contribution >= 0.6 is 0 Å². The number of hydrogen-bond donors (Lipinski definition) is 1. The summed E-state index contributed by atoms with van der Waals surface area (Å²) in [4.78, 5) is 2.61. The summed E-state index contributed by atoms with van der Waals surface area (Å²) in [5.74, 6) is 1.66. The lowest BCUT2D eigenvalue weighted by Crippen LogP contribution is -2.62. The quantitative estimate of drug-likeness (QED) is 0.900. The Kier molecular flexibility index (Phi) is 5.28. The lowest BCUT2D eigenvalue weighted by Gasteiger charge is -2.47. The molecule has 118 valence electrons. The van der Waals surface area contributed by atoms with Gasteiger partial charge in [-0.3, -0.25) is 4.90 Å². The highest BCUT2D eigenvalue weighted by molar-refractivity contribution is 5.28. The molecule has 0 spiro atoms. The second-order valence-corrected chi connectivity index (χ2v) is 6.92. The Bertz CT molecular complexity index is 458. The van der Waals surface area contributed by atoms with E-state index in [9.17, 15) is 0 Å². The molecule has 1 aliphatic rings. The van der Waals surface area contributed by atoms with Crippen molar-refractivity contribution in [3.63, 3.8) is 0 Å². The van der Waals surface area contributed by atoms with Crippen LogP contribution in [-0.2, 0) is 6.54 Å². The molecule has 1 heterocycles. The summed E-state index contributed by atoms with van der Waals surface area (Å²) in [7, 11) is 1.73. The topological polar surface area (TPSA) is 24.5 Å². The third kappa shape index (κ3) is 3.98. The minimum Gasteiger partial charge on any atom is -0.497 e. The van der Waals surface area contributed by atoms with Gasteiger partial charge in [-0.2, -0.15) is 0 Å². The number of rotatable bonds is 5. The molecule has 1 saturated heterocycles. The third-order valence-corrected chi connectivity index (χ3v) is 4.91. The minimum absolute atomic E-state index is 0.188. The number of ether oxygens (including phenoxy) is 1. The maximum Gasteiger partial charge on any atom is 0.119 e. The lowest BCUT2D eigenvalue weighted by atomic mass is 9.90. The molecule has 1 fully saturated rings. The van der Waals surface area contributed by atoms with E-state index in [1.165, 1.54) is 12.0 Å². The monoisotopic (exact) mass is 290 g/mol. The number of piperazine rings is 1. The molecule has 1 aromatic carbocycles. The van der Waals surface area contributed by atoms with Crippen LogP contribution in [-0.4, -0.2) is 36.7 Å². The number of methoxy groups -OCH3 is 1. The van der Waals surface area contributed by atoms with Crippen molar-refractivity contribution in [2.45, 2.75) is 52.2 Å². The van der Waals surface area contributed by atoms with Crippen molar-refractivity contribution in [1.82, 2.24) is 10.2 Å². The molecule has 1 aliphatic heterocycles. The Hall–Kier alpha value is -1.06. The van der Waals surface area contributed by atoms with Gasteiger partial charge in [-0.15, -0.1) is 0 Å². The molecule has 21 heavy (non-hydrogen) atoms. The predicted octanol–water partition coefficient (Wildman–Crippen LogP) is 3.29. The molecule has 0 aliphatic carbocycles. The van der Waals surface area contributed by atoms with Gasteiger partial charge in [-0.05, 0) is 37.5 Å². The smallest absolute Gasteiger partial charge is 0.119 e. The average Bonchev–Trinajstić information content (AvgIpc) is 2.48. The first kappa shape index (κ1) is 16.3. The first-order valence-corrected chi connectivity index (χ1v) is 8.07. The van der Waals surface area contributed by atoms with Gasteiger partial charge in [0.25, 0.3) is 0 Å². The van der Waals surface area contributed by atoms with Crippen LogP contribution in [0, 0.1) is 5.92 Å². The van der Waals surface area contributed by atoms with Gasteiger partial charge in [0, 0.05) is 31.2 Å². The Morgan fingerprint density at radius 2 is 2.19 bits per heavy atom. The first-order chi connectivity index (χ1) is 9.96. The van der Waals surface area contributed by atoms with Crippen molar-refractivity contribution in [1.29, 1.82) is 0 Å². The van der Waals surface area contributed by atoms with Crippen LogP contribution in [0.25, 0.3) is 0 Å². The molecule has 0 radical (unpaired) electrons. The van der Waals surface area contributed by atoms with E-state index in [2.05, 4.69) is 56.1 Å². The van der Waals surface area contributed by atoms with Crippen molar-refractivity contribution < 1.29 is 4.74 Å². The second kappa shape index (κ2) is 6.80. The van der Waals surface area contributed by atoms with E-state index in [4.69, 9.17) is 4.74 Å². The molecular formula is C18H30N2O. The van der Waals surface area contributed by atoms with Crippen LogP contribution in [0.4, 0.5) is 0 Å². The highest BCUT2D eigenvalue weighted by Gasteiger charge is 2.35. The molecule has 2 unspecified atom stereocenters. The van der Waals surface area contributed by atoms with Crippen molar-refractivity contribution in [3.8, 4) is 5.75 Å². The van der Waals surface area contributed by atoms with Crippen molar-refractivity contribution >= 4 is 0 Å². The molecule has 0 amide bonds. The largest absolute Gasteiger partial charge is 0.497 e. The molecule has 0 bridgehead atoms. The van der Waals surface area contributed by atoms with E-state index in [0.29, 0.717) is 12.0 Å². The summed E-state index contributed by atoms with van der Waals surface area (Å²) < 4.78 is 5.34. The SMILES string of the molecule is CCC(C)C1CN(Cc2cccc(OC)c2)C(C)(C)CN1. The summed E-state index contributed by atoms with van der Waals surface area (Å²) in [6.07, 6.45) is 1.23. The molecule has 1 aromatic rings. The zero-order valence-corrected chi connectivity index (χ0v) is 14.1. The van der Waals surface area contributed by atoms with E-state index in [1.54, 1.807) is 7.11 Å². The molecule has 1 N–H and O–H groups in total. The second-order valence-electron chi connectivity index (χ2n) is 6.92. The maximum atomic E-state index is 5.34. The van der Waals surface area contributed by atoms with Crippen molar-refractivity contribution in [3.05, 3.63) is 29.8 Å². The average molecular weight is 290 g/mol. The zero-order valence-electron chi connectivity index (χ0n) is 14.1. The number of nitrogens with zero attached hydrogens (tertiary/aromatic N) is 1. The molecule has 3 heteroatoms. The van der Waals surface area contributed by atoms with E-state index < -0.39 is 0 Å². The van der Waals surface area contributed by atoms with Gasteiger partial charge in [0.2, 0.25) is 0 Å².